The minimum Gasteiger partial charge on any atom is -0.508 e. The van der Waals surface area contributed by atoms with Crippen molar-refractivity contribution in [2.24, 2.45) is 0 Å². The van der Waals surface area contributed by atoms with Crippen molar-refractivity contribution in [1.29, 1.82) is 0 Å². The number of phenols is 3. The molecule has 3 rings (SSSR count). The van der Waals surface area contributed by atoms with Crippen LogP contribution in [0.15, 0.2) is 35.9 Å². The highest BCUT2D eigenvalue weighted by Crippen LogP contribution is 2.41. The van der Waals surface area contributed by atoms with Crippen LogP contribution in [0.2, 0.25) is 0 Å². The van der Waals surface area contributed by atoms with Gasteiger partial charge in [-0.2, -0.15) is 0 Å². The maximum absolute atomic E-state index is 10.7. The number of hydrogen-bond donors (Lipinski definition) is 4. The minimum absolute atomic E-state index is 0.147. The van der Waals surface area contributed by atoms with E-state index >= 15 is 0 Å². The number of fused-ring (bicyclic) bond motifs is 1. The molecule has 0 bridgehead atoms. The Morgan fingerprint density at radius 1 is 1.03 bits per heavy atom. The lowest BCUT2D eigenvalue weighted by Gasteiger charge is -2.38. The summed E-state index contributed by atoms with van der Waals surface area (Å²) < 4.78 is 6.02. The number of aliphatic hydroxyl groups excluding tert-OH is 1. The van der Waals surface area contributed by atoms with Crippen LogP contribution in [0.25, 0.3) is 0 Å². The number of aromatic hydroxyl groups is 3. The fraction of sp³-hybridized carbons (Fsp3) is 0.417. The van der Waals surface area contributed by atoms with Crippen LogP contribution < -0.4 is 4.74 Å². The van der Waals surface area contributed by atoms with Crippen LogP contribution in [0.4, 0.5) is 0 Å². The quantitative estimate of drug-likeness (QED) is 0.448. The molecular formula is C24H30O5. The number of phenolic OH excluding ortho intramolecular Hbond substituents is 3. The zero-order valence-corrected chi connectivity index (χ0v) is 17.5. The van der Waals surface area contributed by atoms with Gasteiger partial charge in [-0.3, -0.25) is 0 Å². The first-order chi connectivity index (χ1) is 13.6. The summed E-state index contributed by atoms with van der Waals surface area (Å²) in [7, 11) is 0. The van der Waals surface area contributed by atoms with Crippen LogP contribution in [-0.4, -0.2) is 32.1 Å². The molecule has 1 heterocycles. The summed E-state index contributed by atoms with van der Waals surface area (Å²) >= 11 is 0. The van der Waals surface area contributed by atoms with Gasteiger partial charge in [0.15, 0.2) is 11.5 Å². The molecule has 0 aromatic heterocycles. The smallest absolute Gasteiger partial charge is 0.157 e. The fourth-order valence-electron chi connectivity index (χ4n) is 3.72. The van der Waals surface area contributed by atoms with E-state index in [1.807, 2.05) is 27.7 Å². The number of aliphatic hydroxyl groups is 1. The largest absolute Gasteiger partial charge is 0.508 e. The standard InChI is InChI=1S/C24H30O5/c1-14(2)5-8-17-16(9-6-15-7-10-19(25)21(27)11-15)18-12-23(28)24(3,4)29-22(18)13-20(17)26/h5,7,10-11,13,23,25-28H,6,8-9,12H2,1-4H3/t23-/m1/s1. The van der Waals surface area contributed by atoms with Crippen LogP contribution in [0.3, 0.4) is 0 Å². The second-order valence-corrected chi connectivity index (χ2v) is 8.56. The van der Waals surface area contributed by atoms with Gasteiger partial charge >= 0.3 is 0 Å². The van der Waals surface area contributed by atoms with Gasteiger partial charge in [0.1, 0.15) is 17.1 Å². The number of benzene rings is 2. The molecule has 156 valence electrons. The molecule has 29 heavy (non-hydrogen) atoms. The Balaban J connectivity index is 2.02. The monoisotopic (exact) mass is 398 g/mol. The predicted octanol–water partition coefficient (Wildman–Crippen LogP) is 4.17. The van der Waals surface area contributed by atoms with E-state index in [0.717, 1.165) is 27.8 Å². The molecule has 0 amide bonds. The highest BCUT2D eigenvalue weighted by Gasteiger charge is 2.37. The molecule has 2 aromatic rings. The average molecular weight is 398 g/mol. The van der Waals surface area contributed by atoms with Gasteiger partial charge in [0.2, 0.25) is 0 Å². The van der Waals surface area contributed by atoms with Gasteiger partial charge in [-0.05, 0) is 70.2 Å². The van der Waals surface area contributed by atoms with E-state index in [9.17, 15) is 20.4 Å². The fourth-order valence-corrected chi connectivity index (χ4v) is 3.72. The number of allylic oxidation sites excluding steroid dienone is 2. The molecule has 5 nitrogen and oxygen atoms in total. The van der Waals surface area contributed by atoms with Crippen molar-refractivity contribution in [2.45, 2.75) is 65.1 Å². The van der Waals surface area contributed by atoms with Crippen LogP contribution in [0.5, 0.6) is 23.0 Å². The first-order valence-corrected chi connectivity index (χ1v) is 9.96. The van der Waals surface area contributed by atoms with Crippen molar-refractivity contribution in [3.05, 3.63) is 58.2 Å². The van der Waals surface area contributed by atoms with E-state index < -0.39 is 11.7 Å². The molecule has 1 aliphatic rings. The molecule has 4 N–H and O–H groups in total. The lowest BCUT2D eigenvalue weighted by Crippen LogP contribution is -2.46. The minimum atomic E-state index is -0.721. The van der Waals surface area contributed by atoms with Gasteiger partial charge < -0.3 is 25.2 Å². The van der Waals surface area contributed by atoms with Crippen LogP contribution in [-0.2, 0) is 25.7 Å². The number of hydrogen-bond acceptors (Lipinski definition) is 5. The molecule has 0 radical (unpaired) electrons. The van der Waals surface area contributed by atoms with Crippen LogP contribution >= 0.6 is 0 Å². The summed E-state index contributed by atoms with van der Waals surface area (Å²) in [6, 6.07) is 6.46. The molecule has 0 unspecified atom stereocenters. The maximum atomic E-state index is 10.7. The van der Waals surface area contributed by atoms with E-state index in [4.69, 9.17) is 4.74 Å². The van der Waals surface area contributed by atoms with Gasteiger partial charge in [-0.25, -0.2) is 0 Å². The van der Waals surface area contributed by atoms with E-state index in [1.54, 1.807) is 18.2 Å². The molecule has 1 atom stereocenters. The maximum Gasteiger partial charge on any atom is 0.157 e. The highest BCUT2D eigenvalue weighted by atomic mass is 16.5. The average Bonchev–Trinajstić information content (AvgIpc) is 2.62. The normalized spacial score (nSPS) is 17.3. The molecule has 1 aliphatic heterocycles. The van der Waals surface area contributed by atoms with Crippen molar-refractivity contribution < 1.29 is 25.2 Å². The SMILES string of the molecule is CC(C)=CCc1c(O)cc2c(c1CCc1ccc(O)c(O)c1)C[C@@H](O)C(C)(C)O2. The lowest BCUT2D eigenvalue weighted by atomic mass is 9.84. The molecule has 5 heteroatoms. The Hall–Kier alpha value is -2.66. The molecule has 0 saturated carbocycles. The van der Waals surface area contributed by atoms with Gasteiger partial charge in [-0.15, -0.1) is 0 Å². The van der Waals surface area contributed by atoms with E-state index in [2.05, 4.69) is 6.08 Å². The summed E-state index contributed by atoms with van der Waals surface area (Å²) in [5, 5.41) is 40.6. The Kier molecular flexibility index (Phi) is 5.80. The third kappa shape index (κ3) is 4.51. The van der Waals surface area contributed by atoms with Gasteiger partial charge in [0.25, 0.3) is 0 Å². The van der Waals surface area contributed by atoms with Crippen LogP contribution in [0, 0.1) is 0 Å². The molecule has 2 aromatic carbocycles. The number of rotatable bonds is 5. The van der Waals surface area contributed by atoms with E-state index in [-0.39, 0.29) is 17.2 Å². The topological polar surface area (TPSA) is 90.2 Å². The van der Waals surface area contributed by atoms with E-state index in [0.29, 0.717) is 31.4 Å². The molecule has 0 spiro atoms. The Labute approximate surface area is 171 Å². The molecule has 0 saturated heterocycles. The highest BCUT2D eigenvalue weighted by molar-refractivity contribution is 5.55. The van der Waals surface area contributed by atoms with Gasteiger partial charge in [0, 0.05) is 23.6 Å². The van der Waals surface area contributed by atoms with Crippen molar-refractivity contribution in [2.75, 3.05) is 0 Å². The van der Waals surface area contributed by atoms with Crippen molar-refractivity contribution >= 4 is 0 Å². The summed E-state index contributed by atoms with van der Waals surface area (Å²) in [5.74, 6) is 0.511. The van der Waals surface area contributed by atoms with E-state index in [1.165, 1.54) is 6.07 Å². The summed E-state index contributed by atoms with van der Waals surface area (Å²) in [6.07, 6.45) is 3.71. The zero-order valence-electron chi connectivity index (χ0n) is 17.5. The van der Waals surface area contributed by atoms with Crippen molar-refractivity contribution in [3.63, 3.8) is 0 Å². The number of ether oxygens (including phenoxy) is 1. The Morgan fingerprint density at radius 3 is 2.41 bits per heavy atom. The van der Waals surface area contributed by atoms with Crippen LogP contribution in [0.1, 0.15) is 49.9 Å². The molecule has 0 aliphatic carbocycles. The summed E-state index contributed by atoms with van der Waals surface area (Å²) in [4.78, 5) is 0. The Morgan fingerprint density at radius 2 is 1.76 bits per heavy atom. The predicted molar refractivity (Wildman–Crippen MR) is 113 cm³/mol. The molecular weight excluding hydrogens is 368 g/mol. The third-order valence-electron chi connectivity index (χ3n) is 5.59. The van der Waals surface area contributed by atoms with Gasteiger partial charge in [0.05, 0.1) is 6.10 Å². The molecule has 0 fully saturated rings. The third-order valence-corrected chi connectivity index (χ3v) is 5.59. The first kappa shape index (κ1) is 21.1. The van der Waals surface area contributed by atoms with Crippen molar-refractivity contribution in [1.82, 2.24) is 0 Å². The second kappa shape index (κ2) is 7.99. The van der Waals surface area contributed by atoms with Crippen molar-refractivity contribution in [3.8, 4) is 23.0 Å². The van der Waals surface area contributed by atoms with Gasteiger partial charge in [-0.1, -0.05) is 17.7 Å². The second-order valence-electron chi connectivity index (χ2n) is 8.56. The summed E-state index contributed by atoms with van der Waals surface area (Å²) in [6.45, 7) is 7.72. The Bertz CT molecular complexity index is 939. The summed E-state index contributed by atoms with van der Waals surface area (Å²) in [5.41, 5.74) is 4.05. The number of aryl methyl sites for hydroxylation is 1. The first-order valence-electron chi connectivity index (χ1n) is 9.96. The zero-order chi connectivity index (χ0) is 21.3. The lowest BCUT2D eigenvalue weighted by molar-refractivity contribution is -0.0415.